The monoisotopic (exact) mass is 275 g/mol. The summed E-state index contributed by atoms with van der Waals surface area (Å²) in [5.41, 5.74) is 0. The normalized spacial score (nSPS) is 11.9. The summed E-state index contributed by atoms with van der Waals surface area (Å²) in [4.78, 5) is 12.5. The van der Waals surface area contributed by atoms with Gasteiger partial charge in [-0.05, 0) is 19.1 Å². The Hall–Kier alpha value is -0.380. The predicted molar refractivity (Wildman–Crippen MR) is 77.2 cm³/mol. The first-order chi connectivity index (χ1) is 8.00. The minimum absolute atomic E-state index is 0.0649. The van der Waals surface area contributed by atoms with Crippen molar-refractivity contribution >= 4 is 28.7 Å². The van der Waals surface area contributed by atoms with Gasteiger partial charge in [0, 0.05) is 17.5 Å². The van der Waals surface area contributed by atoms with Gasteiger partial charge in [0.1, 0.15) is 5.78 Å². The van der Waals surface area contributed by atoms with Crippen molar-refractivity contribution in [1.29, 1.82) is 0 Å². The van der Waals surface area contributed by atoms with Crippen LogP contribution in [0.5, 0.6) is 0 Å². The van der Waals surface area contributed by atoms with E-state index in [1.54, 1.807) is 6.92 Å². The molecular formula is C13H22ClNOS. The second-order valence-corrected chi connectivity index (χ2v) is 5.61. The van der Waals surface area contributed by atoms with Crippen molar-refractivity contribution in [2.24, 2.45) is 0 Å². The molecule has 0 spiro atoms. The van der Waals surface area contributed by atoms with E-state index in [0.29, 0.717) is 12.6 Å². The third-order valence-electron chi connectivity index (χ3n) is 2.16. The molecule has 1 atom stereocenters. The van der Waals surface area contributed by atoms with Gasteiger partial charge in [-0.3, -0.25) is 4.79 Å². The topological polar surface area (TPSA) is 29.1 Å². The number of carbonyl (C=O) groups excluding carboxylic acids is 1. The Kier molecular flexibility index (Phi) is 8.48. The van der Waals surface area contributed by atoms with E-state index < -0.39 is 0 Å². The first-order valence-corrected chi connectivity index (χ1v) is 7.19. The lowest BCUT2D eigenvalue weighted by Gasteiger charge is -2.15. The van der Waals surface area contributed by atoms with Gasteiger partial charge < -0.3 is 5.32 Å². The van der Waals surface area contributed by atoms with Crippen LogP contribution in [0.15, 0.2) is 12.1 Å². The third-order valence-corrected chi connectivity index (χ3v) is 3.50. The quantitative estimate of drug-likeness (QED) is 0.877. The summed E-state index contributed by atoms with van der Waals surface area (Å²) >= 11 is 7.34. The van der Waals surface area contributed by atoms with Crippen LogP contribution in [-0.2, 0) is 4.79 Å². The molecule has 1 unspecified atom stereocenters. The fourth-order valence-corrected chi connectivity index (χ4v) is 2.53. The Morgan fingerprint density at radius 2 is 2.00 bits per heavy atom. The number of carbonyl (C=O) groups is 1. The number of ketones is 1. The maximum atomic E-state index is 11.5. The highest BCUT2D eigenvalue weighted by Gasteiger charge is 2.18. The molecule has 0 radical (unpaired) electrons. The predicted octanol–water partition coefficient (Wildman–Crippen LogP) is 4.10. The second-order valence-electron chi connectivity index (χ2n) is 3.87. The Bertz CT molecular complexity index is 336. The van der Waals surface area contributed by atoms with E-state index in [-0.39, 0.29) is 11.7 Å². The number of Topliss-reactive ketones (excluding diaryl/α,β-unsaturated/α-hetero) is 1. The molecule has 0 bridgehead atoms. The largest absolute Gasteiger partial charge is 0.313 e. The maximum Gasteiger partial charge on any atom is 0.139 e. The zero-order valence-corrected chi connectivity index (χ0v) is 12.8. The van der Waals surface area contributed by atoms with E-state index in [2.05, 4.69) is 19.2 Å². The zero-order chi connectivity index (χ0) is 13.4. The number of halogens is 1. The Morgan fingerprint density at radius 3 is 2.35 bits per heavy atom. The molecule has 98 valence electrons. The van der Waals surface area contributed by atoms with Crippen LogP contribution in [0.3, 0.4) is 0 Å². The van der Waals surface area contributed by atoms with Crippen molar-refractivity contribution in [2.45, 2.75) is 46.6 Å². The van der Waals surface area contributed by atoms with E-state index in [1.165, 1.54) is 11.3 Å². The second kappa shape index (κ2) is 8.67. The molecular weight excluding hydrogens is 254 g/mol. The van der Waals surface area contributed by atoms with Gasteiger partial charge in [0.25, 0.3) is 0 Å². The summed E-state index contributed by atoms with van der Waals surface area (Å²) in [5, 5.41) is 3.28. The van der Waals surface area contributed by atoms with E-state index in [0.717, 1.165) is 9.21 Å². The van der Waals surface area contributed by atoms with Crippen LogP contribution in [0.1, 0.15) is 45.4 Å². The Labute approximate surface area is 113 Å². The highest BCUT2D eigenvalue weighted by molar-refractivity contribution is 7.16. The van der Waals surface area contributed by atoms with Crippen LogP contribution in [0.25, 0.3) is 0 Å². The lowest BCUT2D eigenvalue weighted by atomic mass is 10.0. The average Bonchev–Trinajstić information content (AvgIpc) is 2.67. The van der Waals surface area contributed by atoms with Gasteiger partial charge in [-0.25, -0.2) is 0 Å². The summed E-state index contributed by atoms with van der Waals surface area (Å²) in [6.45, 7) is 10.4. The molecule has 0 fully saturated rings. The molecule has 1 aromatic heterocycles. The fourth-order valence-electron chi connectivity index (χ4n) is 1.31. The molecule has 0 aromatic carbocycles. The van der Waals surface area contributed by atoms with Gasteiger partial charge >= 0.3 is 0 Å². The van der Waals surface area contributed by atoms with E-state index >= 15 is 0 Å². The molecule has 0 aliphatic rings. The van der Waals surface area contributed by atoms with Crippen LogP contribution in [0.4, 0.5) is 0 Å². The van der Waals surface area contributed by atoms with Gasteiger partial charge in [-0.2, -0.15) is 0 Å². The molecule has 1 N–H and O–H groups in total. The first-order valence-electron chi connectivity index (χ1n) is 5.99. The lowest BCUT2D eigenvalue weighted by Crippen LogP contribution is -2.30. The van der Waals surface area contributed by atoms with Crippen LogP contribution in [0, 0.1) is 0 Å². The van der Waals surface area contributed by atoms with E-state index in [1.807, 2.05) is 26.0 Å². The first kappa shape index (κ1) is 16.6. The van der Waals surface area contributed by atoms with E-state index in [9.17, 15) is 4.79 Å². The standard InChI is InChI=1S/C11H16ClNOS.C2H6/c1-7(2)13-6-9(8(3)14)10-4-5-11(12)15-10;1-2/h4-5,7,9,13H,6H2,1-3H3;1-2H3. The highest BCUT2D eigenvalue weighted by atomic mass is 35.5. The minimum Gasteiger partial charge on any atom is -0.313 e. The van der Waals surface area contributed by atoms with Crippen molar-refractivity contribution in [3.05, 3.63) is 21.3 Å². The number of nitrogens with one attached hydrogen (secondary N) is 1. The number of hydrogen-bond acceptors (Lipinski definition) is 3. The summed E-state index contributed by atoms with van der Waals surface area (Å²) < 4.78 is 0.737. The molecule has 0 aliphatic heterocycles. The van der Waals surface area contributed by atoms with Gasteiger partial charge in [0.15, 0.2) is 0 Å². The Morgan fingerprint density at radius 1 is 1.41 bits per heavy atom. The van der Waals surface area contributed by atoms with Gasteiger partial charge in [0.05, 0.1) is 10.3 Å². The van der Waals surface area contributed by atoms with Crippen LogP contribution in [0.2, 0.25) is 4.34 Å². The van der Waals surface area contributed by atoms with Crippen molar-refractivity contribution in [1.82, 2.24) is 5.32 Å². The summed E-state index contributed by atoms with van der Waals surface area (Å²) in [5.74, 6) is 0.117. The average molecular weight is 276 g/mol. The molecule has 1 heterocycles. The smallest absolute Gasteiger partial charge is 0.139 e. The van der Waals surface area contributed by atoms with Crippen molar-refractivity contribution < 1.29 is 4.79 Å². The number of thiophene rings is 1. The van der Waals surface area contributed by atoms with Gasteiger partial charge in [-0.15, -0.1) is 11.3 Å². The minimum atomic E-state index is -0.0649. The van der Waals surface area contributed by atoms with Gasteiger partial charge in [0.2, 0.25) is 0 Å². The van der Waals surface area contributed by atoms with Gasteiger partial charge in [-0.1, -0.05) is 39.3 Å². The zero-order valence-electron chi connectivity index (χ0n) is 11.2. The van der Waals surface area contributed by atoms with E-state index in [4.69, 9.17) is 11.6 Å². The summed E-state index contributed by atoms with van der Waals surface area (Å²) in [7, 11) is 0. The third kappa shape index (κ3) is 6.20. The highest BCUT2D eigenvalue weighted by Crippen LogP contribution is 2.28. The van der Waals surface area contributed by atoms with Crippen molar-refractivity contribution in [3.8, 4) is 0 Å². The molecule has 0 saturated carbocycles. The molecule has 2 nitrogen and oxygen atoms in total. The van der Waals surface area contributed by atoms with Crippen molar-refractivity contribution in [2.75, 3.05) is 6.54 Å². The maximum absolute atomic E-state index is 11.5. The van der Waals surface area contributed by atoms with Crippen LogP contribution < -0.4 is 5.32 Å². The molecule has 0 saturated heterocycles. The molecule has 17 heavy (non-hydrogen) atoms. The number of rotatable bonds is 5. The lowest BCUT2D eigenvalue weighted by molar-refractivity contribution is -0.118. The van der Waals surface area contributed by atoms with Crippen molar-refractivity contribution in [3.63, 3.8) is 0 Å². The molecule has 4 heteroatoms. The molecule has 1 rings (SSSR count). The summed E-state index contributed by atoms with van der Waals surface area (Å²) in [6, 6.07) is 4.16. The summed E-state index contributed by atoms with van der Waals surface area (Å²) in [6.07, 6.45) is 0. The molecule has 1 aromatic rings. The molecule has 0 aliphatic carbocycles. The SMILES string of the molecule is CC.CC(=O)C(CNC(C)C)c1ccc(Cl)s1. The van der Waals surface area contributed by atoms with Crippen LogP contribution >= 0.6 is 22.9 Å². The fraction of sp³-hybridized carbons (Fsp3) is 0.615. The van der Waals surface area contributed by atoms with Crippen LogP contribution in [-0.4, -0.2) is 18.4 Å². The Balaban J connectivity index is 0.00000121. The number of hydrogen-bond donors (Lipinski definition) is 1. The molecule has 0 amide bonds.